The van der Waals surface area contributed by atoms with Crippen LogP contribution in [0.4, 0.5) is 0 Å². The summed E-state index contributed by atoms with van der Waals surface area (Å²) in [7, 11) is 1.62. The van der Waals surface area contributed by atoms with Gasteiger partial charge in [-0.3, -0.25) is 0 Å². The van der Waals surface area contributed by atoms with E-state index in [1.165, 1.54) is 0 Å². The minimum atomic E-state index is -0.288. The molecule has 0 aliphatic rings. The molecule has 1 heterocycles. The molecule has 0 aliphatic heterocycles. The van der Waals surface area contributed by atoms with Crippen molar-refractivity contribution in [2.45, 2.75) is 37.4 Å². The van der Waals surface area contributed by atoms with Gasteiger partial charge in [-0.25, -0.2) is 0 Å². The van der Waals surface area contributed by atoms with Gasteiger partial charge in [-0.15, -0.1) is 10.2 Å². The van der Waals surface area contributed by atoms with Crippen molar-refractivity contribution in [1.29, 1.82) is 5.26 Å². The smallest absolute Gasteiger partial charge is 0.191 e. The molecule has 0 aliphatic carbocycles. The summed E-state index contributed by atoms with van der Waals surface area (Å²) in [5.41, 5.74) is 1.67. The highest BCUT2D eigenvalue weighted by Gasteiger charge is 2.20. The zero-order valence-corrected chi connectivity index (χ0v) is 16.9. The Labute approximate surface area is 169 Å². The molecule has 144 valence electrons. The standard InChI is InChI=1S/C21H22N4O2S/c1-4-25-20(15(2)27-19-12-8-7-11-18(19)26-3)23-24-21(25)28-14-17-10-6-5-9-16(17)13-22/h5-12,15H,4,14H2,1-3H3. The summed E-state index contributed by atoms with van der Waals surface area (Å²) in [4.78, 5) is 0. The number of nitriles is 1. The van der Waals surface area contributed by atoms with Crippen molar-refractivity contribution in [2.75, 3.05) is 7.11 Å². The van der Waals surface area contributed by atoms with Crippen LogP contribution in [-0.4, -0.2) is 21.9 Å². The zero-order valence-electron chi connectivity index (χ0n) is 16.1. The van der Waals surface area contributed by atoms with Gasteiger partial charge in [0.2, 0.25) is 0 Å². The Balaban J connectivity index is 1.77. The lowest BCUT2D eigenvalue weighted by molar-refractivity contribution is 0.200. The van der Waals surface area contributed by atoms with Crippen LogP contribution in [0.2, 0.25) is 0 Å². The Hall–Kier alpha value is -2.98. The van der Waals surface area contributed by atoms with Crippen molar-refractivity contribution in [3.8, 4) is 17.6 Å². The second kappa shape index (κ2) is 9.29. The molecule has 28 heavy (non-hydrogen) atoms. The van der Waals surface area contributed by atoms with Crippen LogP contribution in [0.5, 0.6) is 11.5 Å². The molecule has 1 aromatic heterocycles. The average Bonchev–Trinajstić information content (AvgIpc) is 3.15. The summed E-state index contributed by atoms with van der Waals surface area (Å²) in [6, 6.07) is 17.4. The van der Waals surface area contributed by atoms with Gasteiger partial charge in [-0.1, -0.05) is 42.1 Å². The van der Waals surface area contributed by atoms with Crippen LogP contribution in [-0.2, 0) is 12.3 Å². The van der Waals surface area contributed by atoms with E-state index in [2.05, 4.69) is 23.2 Å². The van der Waals surface area contributed by atoms with Crippen LogP contribution >= 0.6 is 11.8 Å². The van der Waals surface area contributed by atoms with Crippen LogP contribution in [0.15, 0.2) is 53.7 Å². The van der Waals surface area contributed by atoms with Crippen molar-refractivity contribution in [3.05, 3.63) is 65.5 Å². The van der Waals surface area contributed by atoms with Crippen LogP contribution in [0.3, 0.4) is 0 Å². The number of hydrogen-bond donors (Lipinski definition) is 0. The highest BCUT2D eigenvalue weighted by molar-refractivity contribution is 7.98. The van der Waals surface area contributed by atoms with E-state index >= 15 is 0 Å². The van der Waals surface area contributed by atoms with Crippen LogP contribution in [0.25, 0.3) is 0 Å². The third kappa shape index (κ3) is 4.29. The number of methoxy groups -OCH3 is 1. The number of rotatable bonds is 8. The lowest BCUT2D eigenvalue weighted by Gasteiger charge is -2.17. The Kier molecular flexibility index (Phi) is 6.56. The van der Waals surface area contributed by atoms with Gasteiger partial charge in [-0.05, 0) is 37.6 Å². The number of ether oxygens (including phenoxy) is 2. The predicted molar refractivity (Wildman–Crippen MR) is 108 cm³/mol. The van der Waals surface area contributed by atoms with E-state index < -0.39 is 0 Å². The maximum atomic E-state index is 9.26. The lowest BCUT2D eigenvalue weighted by Crippen LogP contribution is -2.12. The van der Waals surface area contributed by atoms with Crippen LogP contribution < -0.4 is 9.47 Å². The first-order valence-corrected chi connectivity index (χ1v) is 10.00. The van der Waals surface area contributed by atoms with Crippen molar-refractivity contribution in [3.63, 3.8) is 0 Å². The summed E-state index contributed by atoms with van der Waals surface area (Å²) in [5, 5.41) is 18.8. The van der Waals surface area contributed by atoms with Crippen molar-refractivity contribution < 1.29 is 9.47 Å². The maximum absolute atomic E-state index is 9.26. The summed E-state index contributed by atoms with van der Waals surface area (Å²) in [6.45, 7) is 4.72. The van der Waals surface area contributed by atoms with Gasteiger partial charge in [0.15, 0.2) is 28.6 Å². The maximum Gasteiger partial charge on any atom is 0.191 e. The van der Waals surface area contributed by atoms with E-state index in [0.717, 1.165) is 23.1 Å². The highest BCUT2D eigenvalue weighted by atomic mass is 32.2. The Morgan fingerprint density at radius 1 is 1.11 bits per heavy atom. The molecule has 0 amide bonds. The number of benzene rings is 2. The van der Waals surface area contributed by atoms with E-state index in [-0.39, 0.29) is 6.10 Å². The molecule has 1 unspecified atom stereocenters. The highest BCUT2D eigenvalue weighted by Crippen LogP contribution is 2.31. The summed E-state index contributed by atoms with van der Waals surface area (Å²) < 4.78 is 13.5. The fourth-order valence-electron chi connectivity index (χ4n) is 2.86. The monoisotopic (exact) mass is 394 g/mol. The Morgan fingerprint density at radius 2 is 1.82 bits per heavy atom. The topological polar surface area (TPSA) is 73.0 Å². The quantitative estimate of drug-likeness (QED) is 0.520. The second-order valence-corrected chi connectivity index (χ2v) is 7.00. The van der Waals surface area contributed by atoms with E-state index in [1.807, 2.05) is 60.0 Å². The molecule has 2 aromatic carbocycles. The molecule has 0 spiro atoms. The van der Waals surface area contributed by atoms with E-state index in [0.29, 0.717) is 22.8 Å². The number of aromatic nitrogens is 3. The molecular weight excluding hydrogens is 372 g/mol. The Morgan fingerprint density at radius 3 is 2.54 bits per heavy atom. The largest absolute Gasteiger partial charge is 0.493 e. The first kappa shape index (κ1) is 19.8. The number of para-hydroxylation sites is 2. The van der Waals surface area contributed by atoms with Gasteiger partial charge in [0.1, 0.15) is 0 Å². The first-order chi connectivity index (χ1) is 13.7. The van der Waals surface area contributed by atoms with Gasteiger partial charge in [-0.2, -0.15) is 5.26 Å². The van der Waals surface area contributed by atoms with E-state index in [4.69, 9.17) is 9.47 Å². The summed E-state index contributed by atoms with van der Waals surface area (Å²) in [5.74, 6) is 2.76. The van der Waals surface area contributed by atoms with E-state index in [9.17, 15) is 5.26 Å². The van der Waals surface area contributed by atoms with Gasteiger partial charge < -0.3 is 14.0 Å². The van der Waals surface area contributed by atoms with Crippen molar-refractivity contribution in [1.82, 2.24) is 14.8 Å². The van der Waals surface area contributed by atoms with Crippen LogP contribution in [0.1, 0.15) is 36.9 Å². The minimum absolute atomic E-state index is 0.288. The predicted octanol–water partition coefficient (Wildman–Crippen LogP) is 4.61. The molecule has 0 saturated carbocycles. The summed E-state index contributed by atoms with van der Waals surface area (Å²) in [6.07, 6.45) is -0.288. The summed E-state index contributed by atoms with van der Waals surface area (Å²) >= 11 is 1.56. The molecule has 0 N–H and O–H groups in total. The average molecular weight is 395 g/mol. The van der Waals surface area contributed by atoms with Gasteiger partial charge in [0, 0.05) is 12.3 Å². The first-order valence-electron chi connectivity index (χ1n) is 9.01. The van der Waals surface area contributed by atoms with Crippen molar-refractivity contribution in [2.24, 2.45) is 0 Å². The lowest BCUT2D eigenvalue weighted by atomic mass is 10.1. The second-order valence-electron chi connectivity index (χ2n) is 6.05. The molecule has 0 bridgehead atoms. The Bertz CT molecular complexity index is 981. The molecule has 3 aromatic rings. The third-order valence-corrected chi connectivity index (χ3v) is 5.31. The molecule has 7 heteroatoms. The SMILES string of the molecule is CCn1c(SCc2ccccc2C#N)nnc1C(C)Oc1ccccc1OC. The minimum Gasteiger partial charge on any atom is -0.493 e. The molecule has 1 atom stereocenters. The van der Waals surface area contributed by atoms with Gasteiger partial charge in [0.25, 0.3) is 0 Å². The molecule has 3 rings (SSSR count). The molecule has 0 saturated heterocycles. The van der Waals surface area contributed by atoms with Gasteiger partial charge >= 0.3 is 0 Å². The number of hydrogen-bond acceptors (Lipinski definition) is 6. The third-order valence-electron chi connectivity index (χ3n) is 4.29. The number of nitrogens with zero attached hydrogens (tertiary/aromatic N) is 4. The molecule has 0 fully saturated rings. The zero-order chi connectivity index (χ0) is 19.9. The van der Waals surface area contributed by atoms with Gasteiger partial charge in [0.05, 0.1) is 18.7 Å². The fourth-order valence-corrected chi connectivity index (χ4v) is 3.87. The van der Waals surface area contributed by atoms with Crippen molar-refractivity contribution >= 4 is 11.8 Å². The molecule has 6 nitrogen and oxygen atoms in total. The normalized spacial score (nSPS) is 11.6. The molecular formula is C21H22N4O2S. The fraction of sp³-hybridized carbons (Fsp3) is 0.286. The molecule has 0 radical (unpaired) electrons. The van der Waals surface area contributed by atoms with Crippen LogP contribution in [0, 0.1) is 11.3 Å². The number of thioether (sulfide) groups is 1. The van der Waals surface area contributed by atoms with E-state index in [1.54, 1.807) is 18.9 Å².